The summed E-state index contributed by atoms with van der Waals surface area (Å²) < 4.78 is 0. The van der Waals surface area contributed by atoms with Gasteiger partial charge in [0, 0.05) is 24.9 Å². The van der Waals surface area contributed by atoms with Gasteiger partial charge in [-0.15, -0.1) is 0 Å². The molecule has 1 fully saturated rings. The number of piperidine rings is 1. The van der Waals surface area contributed by atoms with Crippen molar-refractivity contribution in [1.29, 1.82) is 0 Å². The molecule has 0 aliphatic carbocycles. The molecule has 1 atom stereocenters. The lowest BCUT2D eigenvalue weighted by Crippen LogP contribution is -2.52. The maximum absolute atomic E-state index is 12.5. The summed E-state index contributed by atoms with van der Waals surface area (Å²) in [7, 11) is 0. The third-order valence-corrected chi connectivity index (χ3v) is 4.44. The van der Waals surface area contributed by atoms with Crippen LogP contribution in [-0.4, -0.2) is 39.7 Å². The van der Waals surface area contributed by atoms with Crippen molar-refractivity contribution in [3.63, 3.8) is 0 Å². The second-order valence-electron chi connectivity index (χ2n) is 6.14. The van der Waals surface area contributed by atoms with E-state index < -0.39 is 17.9 Å². The fourth-order valence-electron chi connectivity index (χ4n) is 3.23. The van der Waals surface area contributed by atoms with E-state index in [1.165, 1.54) is 4.90 Å². The molecule has 2 aliphatic heterocycles. The molecule has 2 N–H and O–H groups in total. The quantitative estimate of drug-likeness (QED) is 0.779. The Balaban J connectivity index is 1.71. The highest BCUT2D eigenvalue weighted by atomic mass is 16.4. The van der Waals surface area contributed by atoms with Crippen LogP contribution in [0.1, 0.15) is 47.2 Å². The van der Waals surface area contributed by atoms with E-state index in [-0.39, 0.29) is 24.7 Å². The molecule has 126 valence electrons. The van der Waals surface area contributed by atoms with Crippen molar-refractivity contribution in [2.75, 3.05) is 0 Å². The van der Waals surface area contributed by atoms with Gasteiger partial charge in [0.2, 0.25) is 11.8 Å². The Bertz CT molecular complexity index is 728. The number of carboxylic acid groups (broad SMARTS) is 1. The van der Waals surface area contributed by atoms with Crippen molar-refractivity contribution >= 4 is 23.7 Å². The van der Waals surface area contributed by atoms with Gasteiger partial charge in [0.15, 0.2) is 0 Å². The van der Waals surface area contributed by atoms with Crippen LogP contribution in [0.5, 0.6) is 0 Å². The van der Waals surface area contributed by atoms with Gasteiger partial charge in [0.05, 0.1) is 0 Å². The van der Waals surface area contributed by atoms with Crippen molar-refractivity contribution < 1.29 is 24.3 Å². The largest absolute Gasteiger partial charge is 0.481 e. The van der Waals surface area contributed by atoms with E-state index in [0.29, 0.717) is 31.4 Å². The molecule has 1 saturated heterocycles. The first kappa shape index (κ1) is 16.2. The van der Waals surface area contributed by atoms with Crippen LogP contribution in [0.2, 0.25) is 0 Å². The third-order valence-electron chi connectivity index (χ3n) is 4.44. The van der Waals surface area contributed by atoms with E-state index in [2.05, 4.69) is 5.32 Å². The minimum atomic E-state index is -0.824. The minimum absolute atomic E-state index is 0.110. The maximum atomic E-state index is 12.5. The lowest BCUT2D eigenvalue weighted by atomic mass is 10.0. The molecule has 24 heavy (non-hydrogen) atoms. The molecule has 0 aromatic heterocycles. The molecule has 1 unspecified atom stereocenters. The Morgan fingerprint density at radius 2 is 2.08 bits per heavy atom. The summed E-state index contributed by atoms with van der Waals surface area (Å²) in [4.78, 5) is 47.8. The Morgan fingerprint density at radius 3 is 2.79 bits per heavy atom. The van der Waals surface area contributed by atoms with E-state index >= 15 is 0 Å². The van der Waals surface area contributed by atoms with Crippen molar-refractivity contribution in [3.05, 3.63) is 34.9 Å². The molecular formula is C17H18N2O5. The van der Waals surface area contributed by atoms with E-state index in [0.717, 1.165) is 11.1 Å². The molecule has 0 bridgehead atoms. The first-order valence-corrected chi connectivity index (χ1v) is 7.94. The summed E-state index contributed by atoms with van der Waals surface area (Å²) in [5, 5.41) is 11.0. The van der Waals surface area contributed by atoms with Crippen molar-refractivity contribution in [1.82, 2.24) is 10.2 Å². The van der Waals surface area contributed by atoms with Gasteiger partial charge >= 0.3 is 5.97 Å². The number of aryl methyl sites for hydroxylation is 1. The van der Waals surface area contributed by atoms with Crippen LogP contribution >= 0.6 is 0 Å². The molecule has 3 rings (SSSR count). The summed E-state index contributed by atoms with van der Waals surface area (Å²) >= 11 is 0. The number of nitrogens with zero attached hydrogens (tertiary/aromatic N) is 1. The van der Waals surface area contributed by atoms with Crippen LogP contribution < -0.4 is 5.32 Å². The molecule has 2 heterocycles. The van der Waals surface area contributed by atoms with Gasteiger partial charge in [-0.25, -0.2) is 0 Å². The normalized spacial score (nSPS) is 20.1. The first-order valence-electron chi connectivity index (χ1n) is 7.94. The summed E-state index contributed by atoms with van der Waals surface area (Å²) in [5.41, 5.74) is 2.40. The lowest BCUT2D eigenvalue weighted by molar-refractivity contribution is -0.138. The number of hydrogen-bond acceptors (Lipinski definition) is 4. The monoisotopic (exact) mass is 330 g/mol. The Hall–Kier alpha value is -2.70. The van der Waals surface area contributed by atoms with Crippen LogP contribution in [0.25, 0.3) is 0 Å². The fourth-order valence-corrected chi connectivity index (χ4v) is 3.23. The van der Waals surface area contributed by atoms with E-state index in [9.17, 15) is 19.2 Å². The van der Waals surface area contributed by atoms with Gasteiger partial charge in [-0.3, -0.25) is 24.5 Å². The van der Waals surface area contributed by atoms with Gasteiger partial charge < -0.3 is 10.0 Å². The van der Waals surface area contributed by atoms with Gasteiger partial charge in [0.25, 0.3) is 5.91 Å². The second-order valence-corrected chi connectivity index (χ2v) is 6.14. The number of imide groups is 1. The van der Waals surface area contributed by atoms with Crippen LogP contribution in [0.15, 0.2) is 18.2 Å². The van der Waals surface area contributed by atoms with Crippen LogP contribution in [-0.2, 0) is 27.3 Å². The molecule has 7 nitrogen and oxygen atoms in total. The number of nitrogens with one attached hydrogen (secondary N) is 1. The van der Waals surface area contributed by atoms with Crippen LogP contribution in [0.4, 0.5) is 0 Å². The molecule has 7 heteroatoms. The number of benzene rings is 1. The molecule has 0 saturated carbocycles. The standard InChI is InChI=1S/C17H18N2O5/c20-14-7-6-13(16(23)18-14)19-9-11-8-10(2-1-3-15(21)22)4-5-12(11)17(19)24/h4-5,8,13H,1-3,6-7,9H2,(H,21,22)(H,18,20,23). The third kappa shape index (κ3) is 3.15. The van der Waals surface area contributed by atoms with Crippen LogP contribution in [0, 0.1) is 0 Å². The highest BCUT2D eigenvalue weighted by Gasteiger charge is 2.38. The summed E-state index contributed by atoms with van der Waals surface area (Å²) in [6, 6.07) is 4.85. The van der Waals surface area contributed by atoms with E-state index in [1.807, 2.05) is 12.1 Å². The fraction of sp³-hybridized carbons (Fsp3) is 0.412. The summed E-state index contributed by atoms with van der Waals surface area (Å²) in [6.45, 7) is 0.340. The number of carbonyl (C=O) groups excluding carboxylic acids is 3. The molecule has 3 amide bonds. The number of carbonyl (C=O) groups is 4. The highest BCUT2D eigenvalue weighted by molar-refractivity contribution is 6.05. The minimum Gasteiger partial charge on any atom is -0.481 e. The first-order chi connectivity index (χ1) is 11.5. The zero-order chi connectivity index (χ0) is 17.3. The van der Waals surface area contributed by atoms with Gasteiger partial charge in [0.1, 0.15) is 6.04 Å². The van der Waals surface area contributed by atoms with Crippen molar-refractivity contribution in [2.24, 2.45) is 0 Å². The van der Waals surface area contributed by atoms with Gasteiger partial charge in [-0.05, 0) is 36.5 Å². The molecular weight excluding hydrogens is 312 g/mol. The van der Waals surface area contributed by atoms with Gasteiger partial charge in [-0.2, -0.15) is 0 Å². The molecule has 1 aromatic rings. The Morgan fingerprint density at radius 1 is 1.29 bits per heavy atom. The van der Waals surface area contributed by atoms with E-state index in [1.54, 1.807) is 6.07 Å². The zero-order valence-corrected chi connectivity index (χ0v) is 13.1. The molecule has 2 aliphatic rings. The number of carboxylic acids is 1. The average molecular weight is 330 g/mol. The number of hydrogen-bond donors (Lipinski definition) is 2. The summed E-state index contributed by atoms with van der Waals surface area (Å²) in [6.07, 6.45) is 1.86. The summed E-state index contributed by atoms with van der Waals surface area (Å²) in [5.74, 6) is -1.75. The number of amides is 3. The molecule has 0 spiro atoms. The Kier molecular flexibility index (Phi) is 4.33. The highest BCUT2D eigenvalue weighted by Crippen LogP contribution is 2.28. The van der Waals surface area contributed by atoms with E-state index in [4.69, 9.17) is 5.11 Å². The second kappa shape index (κ2) is 6.43. The number of rotatable bonds is 5. The molecule has 0 radical (unpaired) electrons. The zero-order valence-electron chi connectivity index (χ0n) is 13.1. The predicted molar refractivity (Wildman–Crippen MR) is 83.1 cm³/mol. The van der Waals surface area contributed by atoms with Crippen molar-refractivity contribution in [3.8, 4) is 0 Å². The average Bonchev–Trinajstić information content (AvgIpc) is 2.83. The maximum Gasteiger partial charge on any atom is 0.303 e. The topological polar surface area (TPSA) is 104 Å². The van der Waals surface area contributed by atoms with Crippen LogP contribution in [0.3, 0.4) is 0 Å². The number of aliphatic carboxylic acids is 1. The lowest BCUT2D eigenvalue weighted by Gasteiger charge is -2.29. The smallest absolute Gasteiger partial charge is 0.303 e. The van der Waals surface area contributed by atoms with Gasteiger partial charge in [-0.1, -0.05) is 12.1 Å². The number of fused-ring (bicyclic) bond motifs is 1. The Labute approximate surface area is 138 Å². The predicted octanol–water partition coefficient (Wildman–Crippen LogP) is 0.855. The SMILES string of the molecule is O=C(O)CCCc1ccc2c(c1)CN(C1CCC(=O)NC1=O)C2=O. The van der Waals surface area contributed by atoms with Crippen molar-refractivity contribution in [2.45, 2.75) is 44.7 Å². The molecule has 1 aromatic carbocycles.